The van der Waals surface area contributed by atoms with E-state index in [1.54, 1.807) is 20.8 Å². The number of carboxylic acid groups (broad SMARTS) is 1. The number of rotatable bonds is 9. The maximum absolute atomic E-state index is 12.5. The van der Waals surface area contributed by atoms with E-state index < -0.39 is 29.9 Å². The molecule has 3 rings (SSSR count). The van der Waals surface area contributed by atoms with E-state index in [-0.39, 0.29) is 25.0 Å². The highest BCUT2D eigenvalue weighted by Gasteiger charge is 2.30. The van der Waals surface area contributed by atoms with E-state index >= 15 is 0 Å². The summed E-state index contributed by atoms with van der Waals surface area (Å²) in [4.78, 5) is 36.2. The highest BCUT2D eigenvalue weighted by Crippen LogP contribution is 2.44. The van der Waals surface area contributed by atoms with Gasteiger partial charge < -0.3 is 20.5 Å². The van der Waals surface area contributed by atoms with Gasteiger partial charge in [-0.3, -0.25) is 9.59 Å². The molecule has 3 N–H and O–H groups in total. The number of hydrogen-bond donors (Lipinski definition) is 3. The fourth-order valence-electron chi connectivity index (χ4n) is 4.08. The number of ether oxygens (including phenoxy) is 1. The molecule has 2 amide bonds. The van der Waals surface area contributed by atoms with Crippen molar-refractivity contribution < 1.29 is 24.2 Å². The molecule has 7 heteroatoms. The summed E-state index contributed by atoms with van der Waals surface area (Å²) in [7, 11) is 0. The van der Waals surface area contributed by atoms with Gasteiger partial charge in [-0.05, 0) is 34.6 Å². The summed E-state index contributed by atoms with van der Waals surface area (Å²) in [6.07, 6.45) is -0.317. The Morgan fingerprint density at radius 3 is 2.06 bits per heavy atom. The van der Waals surface area contributed by atoms with E-state index in [0.717, 1.165) is 22.3 Å². The minimum atomic E-state index is -0.960. The van der Waals surface area contributed by atoms with Gasteiger partial charge in [0.2, 0.25) is 5.91 Å². The fraction of sp³-hybridized carbons (Fsp3) is 0.400. The number of amides is 2. The third kappa shape index (κ3) is 5.10. The van der Waals surface area contributed by atoms with Crippen LogP contribution in [0.25, 0.3) is 11.1 Å². The lowest BCUT2D eigenvalue weighted by Crippen LogP contribution is -2.48. The molecule has 32 heavy (non-hydrogen) atoms. The maximum atomic E-state index is 12.5. The molecule has 2 aromatic rings. The van der Waals surface area contributed by atoms with Gasteiger partial charge in [-0.25, -0.2) is 4.79 Å². The Labute approximate surface area is 188 Å². The molecule has 1 aliphatic carbocycles. The zero-order valence-electron chi connectivity index (χ0n) is 18.6. The zero-order chi connectivity index (χ0) is 23.3. The van der Waals surface area contributed by atoms with E-state index in [2.05, 4.69) is 22.8 Å². The summed E-state index contributed by atoms with van der Waals surface area (Å²) in [5.74, 6) is -2.26. The first kappa shape index (κ1) is 23.3. The summed E-state index contributed by atoms with van der Waals surface area (Å²) < 4.78 is 5.50. The van der Waals surface area contributed by atoms with E-state index in [9.17, 15) is 19.5 Å². The molecule has 170 valence electrons. The van der Waals surface area contributed by atoms with Crippen LogP contribution < -0.4 is 10.6 Å². The lowest BCUT2D eigenvalue weighted by Gasteiger charge is -2.21. The molecule has 0 aromatic heterocycles. The molecule has 1 aliphatic rings. The number of nitrogens with one attached hydrogen (secondary N) is 2. The van der Waals surface area contributed by atoms with Gasteiger partial charge in [-0.1, -0.05) is 69.3 Å². The highest BCUT2D eigenvalue weighted by molar-refractivity contribution is 5.86. The normalized spacial score (nSPS) is 14.2. The van der Waals surface area contributed by atoms with E-state index in [1.807, 2.05) is 36.4 Å². The molecule has 7 nitrogen and oxygen atoms in total. The number of benzene rings is 2. The Hall–Kier alpha value is -3.35. The third-order valence-electron chi connectivity index (χ3n) is 5.98. The van der Waals surface area contributed by atoms with Crippen molar-refractivity contribution in [3.8, 4) is 11.1 Å². The molecule has 0 radical (unpaired) electrons. The first-order valence-electron chi connectivity index (χ1n) is 11.0. The summed E-state index contributed by atoms with van der Waals surface area (Å²) in [5.41, 5.74) is 4.50. The van der Waals surface area contributed by atoms with Crippen LogP contribution >= 0.6 is 0 Å². The number of carbonyl (C=O) groups excluding carboxylic acids is 2. The summed E-state index contributed by atoms with van der Waals surface area (Å²) in [5, 5.41) is 14.5. The molecule has 0 saturated heterocycles. The van der Waals surface area contributed by atoms with Crippen molar-refractivity contribution in [2.75, 3.05) is 13.2 Å². The zero-order valence-corrected chi connectivity index (χ0v) is 18.6. The molecule has 0 spiro atoms. The van der Waals surface area contributed by atoms with Crippen LogP contribution in [0.4, 0.5) is 4.79 Å². The standard InChI is InChI=1S/C25H30N2O5/c1-4-22(23(28)26-13-20(15(2)3)24(29)30)27-25(31)32-14-21-18-11-7-5-9-16(18)17-10-6-8-12-19(17)21/h5-12,15,20-22H,4,13-14H2,1-3H3,(H,26,28)(H,27,31)(H,29,30). The minimum Gasteiger partial charge on any atom is -0.481 e. The SMILES string of the molecule is CCC(NC(=O)OCC1c2ccccc2-c2ccccc21)C(=O)NCC(C(=O)O)C(C)C. The Morgan fingerprint density at radius 1 is 1.00 bits per heavy atom. The number of fused-ring (bicyclic) bond motifs is 3. The Balaban J connectivity index is 1.58. The average Bonchev–Trinajstić information content (AvgIpc) is 3.09. The van der Waals surface area contributed by atoms with Crippen LogP contribution in [0.1, 0.15) is 44.2 Å². The van der Waals surface area contributed by atoms with E-state index in [4.69, 9.17) is 4.74 Å². The monoisotopic (exact) mass is 438 g/mol. The fourth-order valence-corrected chi connectivity index (χ4v) is 4.08. The van der Waals surface area contributed by atoms with Crippen molar-refractivity contribution in [2.45, 2.75) is 39.2 Å². The predicted molar refractivity (Wildman–Crippen MR) is 121 cm³/mol. The Morgan fingerprint density at radius 2 is 1.56 bits per heavy atom. The predicted octanol–water partition coefficient (Wildman–Crippen LogP) is 3.78. The first-order valence-corrected chi connectivity index (χ1v) is 11.0. The van der Waals surface area contributed by atoms with Crippen molar-refractivity contribution in [1.29, 1.82) is 0 Å². The molecule has 0 bridgehead atoms. The summed E-state index contributed by atoms with van der Waals surface area (Å²) >= 11 is 0. The third-order valence-corrected chi connectivity index (χ3v) is 5.98. The van der Waals surface area contributed by atoms with Crippen LogP contribution in [0.3, 0.4) is 0 Å². The van der Waals surface area contributed by atoms with Crippen molar-refractivity contribution in [1.82, 2.24) is 10.6 Å². The van der Waals surface area contributed by atoms with Crippen LogP contribution in [0, 0.1) is 11.8 Å². The smallest absolute Gasteiger partial charge is 0.407 e. The molecular weight excluding hydrogens is 408 g/mol. The number of aliphatic carboxylic acids is 1. The van der Waals surface area contributed by atoms with E-state index in [0.29, 0.717) is 6.42 Å². The van der Waals surface area contributed by atoms with Gasteiger partial charge in [0.05, 0.1) is 5.92 Å². The molecular formula is C25H30N2O5. The van der Waals surface area contributed by atoms with E-state index in [1.165, 1.54) is 0 Å². The second kappa shape index (κ2) is 10.3. The van der Waals surface area contributed by atoms with Crippen LogP contribution in [-0.4, -0.2) is 42.3 Å². The van der Waals surface area contributed by atoms with Crippen LogP contribution in [0.5, 0.6) is 0 Å². The molecule has 2 unspecified atom stereocenters. The topological polar surface area (TPSA) is 105 Å². The van der Waals surface area contributed by atoms with Crippen molar-refractivity contribution in [3.63, 3.8) is 0 Å². The molecule has 2 aromatic carbocycles. The lowest BCUT2D eigenvalue weighted by atomic mass is 9.96. The number of hydrogen-bond acceptors (Lipinski definition) is 4. The minimum absolute atomic E-state index is 0.00863. The Kier molecular flexibility index (Phi) is 7.51. The van der Waals surface area contributed by atoms with Crippen LogP contribution in [-0.2, 0) is 14.3 Å². The molecule has 0 saturated carbocycles. The van der Waals surface area contributed by atoms with Crippen molar-refractivity contribution >= 4 is 18.0 Å². The van der Waals surface area contributed by atoms with Crippen LogP contribution in [0.15, 0.2) is 48.5 Å². The van der Waals surface area contributed by atoms with Gasteiger partial charge in [0.1, 0.15) is 12.6 Å². The van der Waals surface area contributed by atoms with Gasteiger partial charge in [0.25, 0.3) is 0 Å². The highest BCUT2D eigenvalue weighted by atomic mass is 16.5. The van der Waals surface area contributed by atoms with Crippen molar-refractivity contribution in [3.05, 3.63) is 59.7 Å². The largest absolute Gasteiger partial charge is 0.481 e. The second-order valence-corrected chi connectivity index (χ2v) is 8.36. The molecule has 0 fully saturated rings. The summed E-state index contributed by atoms with van der Waals surface area (Å²) in [6.45, 7) is 5.51. The van der Waals surface area contributed by atoms with Gasteiger partial charge in [-0.15, -0.1) is 0 Å². The van der Waals surface area contributed by atoms with Gasteiger partial charge in [0.15, 0.2) is 0 Å². The second-order valence-electron chi connectivity index (χ2n) is 8.36. The Bertz CT molecular complexity index is 942. The molecule has 2 atom stereocenters. The quantitative estimate of drug-likeness (QED) is 0.553. The molecule has 0 heterocycles. The number of alkyl carbamates (subject to hydrolysis) is 1. The average molecular weight is 439 g/mol. The molecule has 0 aliphatic heterocycles. The van der Waals surface area contributed by atoms with Gasteiger partial charge >= 0.3 is 12.1 Å². The first-order chi connectivity index (χ1) is 15.3. The summed E-state index contributed by atoms with van der Waals surface area (Å²) in [6, 6.07) is 15.3. The van der Waals surface area contributed by atoms with Crippen LogP contribution in [0.2, 0.25) is 0 Å². The lowest BCUT2D eigenvalue weighted by molar-refractivity contribution is -0.143. The maximum Gasteiger partial charge on any atom is 0.407 e. The number of carboxylic acids is 1. The van der Waals surface area contributed by atoms with Gasteiger partial charge in [-0.2, -0.15) is 0 Å². The number of carbonyl (C=O) groups is 3. The van der Waals surface area contributed by atoms with Gasteiger partial charge in [0, 0.05) is 12.5 Å². The van der Waals surface area contributed by atoms with Crippen molar-refractivity contribution in [2.24, 2.45) is 11.8 Å².